The summed E-state index contributed by atoms with van der Waals surface area (Å²) >= 11 is 7.91. The molecule has 172 valence electrons. The number of halogens is 1. The molecule has 7 heteroatoms. The van der Waals surface area contributed by atoms with Crippen LogP contribution >= 0.6 is 23.4 Å². The van der Waals surface area contributed by atoms with Gasteiger partial charge in [-0.15, -0.1) is 0 Å². The second-order valence-electron chi connectivity index (χ2n) is 8.39. The van der Waals surface area contributed by atoms with Crippen molar-refractivity contribution in [3.05, 3.63) is 94.5 Å². The first kappa shape index (κ1) is 22.6. The number of nitrogens with one attached hydrogen (secondary N) is 1. The van der Waals surface area contributed by atoms with Gasteiger partial charge < -0.3 is 9.88 Å². The summed E-state index contributed by atoms with van der Waals surface area (Å²) in [6, 6.07) is 22.4. The van der Waals surface area contributed by atoms with Crippen molar-refractivity contribution in [1.29, 1.82) is 0 Å². The Morgan fingerprint density at radius 1 is 1.09 bits per heavy atom. The molecule has 1 N–H and O–H groups in total. The Labute approximate surface area is 207 Å². The van der Waals surface area contributed by atoms with E-state index in [1.54, 1.807) is 11.0 Å². The number of rotatable bonds is 4. The molecule has 3 aromatic carbocycles. The molecular weight excluding hydrogens is 466 g/mol. The molecule has 2 amide bonds. The monoisotopic (exact) mass is 489 g/mol. The second-order valence-corrected chi connectivity index (χ2v) is 9.76. The Balaban J connectivity index is 1.66. The highest BCUT2D eigenvalue weighted by Gasteiger charge is 2.39. The van der Waals surface area contributed by atoms with E-state index < -0.39 is 6.04 Å². The fraction of sp³-hybridized carbons (Fsp3) is 0.185. The van der Waals surface area contributed by atoms with Crippen LogP contribution < -0.4 is 10.2 Å². The first-order valence-electron chi connectivity index (χ1n) is 11.1. The van der Waals surface area contributed by atoms with Gasteiger partial charge in [0.15, 0.2) is 0 Å². The number of para-hydroxylation sites is 1. The molecule has 0 saturated heterocycles. The molecule has 1 aliphatic heterocycles. The lowest BCUT2D eigenvalue weighted by atomic mass is 10.0. The van der Waals surface area contributed by atoms with Crippen molar-refractivity contribution >= 4 is 51.8 Å². The minimum Gasteiger partial charge on any atom is -0.350 e. The number of aromatic nitrogens is 1. The lowest BCUT2D eigenvalue weighted by Crippen LogP contribution is -2.43. The summed E-state index contributed by atoms with van der Waals surface area (Å²) in [6.45, 7) is 2.29. The number of thioether (sulfide) groups is 1. The van der Waals surface area contributed by atoms with Gasteiger partial charge in [-0.05, 0) is 36.2 Å². The molecule has 2 heterocycles. The molecule has 1 atom stereocenters. The van der Waals surface area contributed by atoms with Gasteiger partial charge in [0, 0.05) is 40.8 Å². The third-order valence-electron chi connectivity index (χ3n) is 6.21. The molecule has 0 fully saturated rings. The zero-order chi connectivity index (χ0) is 23.8. The number of aryl methyl sites for hydroxylation is 2. The molecule has 1 aromatic heterocycles. The van der Waals surface area contributed by atoms with E-state index in [9.17, 15) is 9.59 Å². The SMILES string of the molecule is Cc1ccc(N2C(=O)CSc3c(c4ccccc4n3C)[C@H]2C(=O)NCc2ccccc2)cc1Cl. The van der Waals surface area contributed by atoms with Crippen molar-refractivity contribution < 1.29 is 9.59 Å². The number of benzene rings is 3. The summed E-state index contributed by atoms with van der Waals surface area (Å²) in [5.41, 5.74) is 4.39. The predicted octanol–water partition coefficient (Wildman–Crippen LogP) is 5.64. The van der Waals surface area contributed by atoms with Crippen molar-refractivity contribution in [2.24, 2.45) is 7.05 Å². The number of hydrogen-bond acceptors (Lipinski definition) is 3. The average molecular weight is 490 g/mol. The van der Waals surface area contributed by atoms with Crippen LogP contribution in [0.1, 0.15) is 22.7 Å². The largest absolute Gasteiger partial charge is 0.350 e. The molecule has 0 radical (unpaired) electrons. The fourth-order valence-corrected chi connectivity index (χ4v) is 5.71. The summed E-state index contributed by atoms with van der Waals surface area (Å²) in [7, 11) is 1.98. The van der Waals surface area contributed by atoms with E-state index in [4.69, 9.17) is 11.6 Å². The van der Waals surface area contributed by atoms with E-state index in [-0.39, 0.29) is 17.6 Å². The molecule has 0 aliphatic carbocycles. The molecule has 0 bridgehead atoms. The van der Waals surface area contributed by atoms with E-state index in [1.165, 1.54) is 11.8 Å². The number of fused-ring (bicyclic) bond motifs is 3. The number of carbonyl (C=O) groups excluding carboxylic acids is 2. The quantitative estimate of drug-likeness (QED) is 0.404. The average Bonchev–Trinajstić information content (AvgIpc) is 3.02. The number of carbonyl (C=O) groups is 2. The Bertz CT molecular complexity index is 1400. The van der Waals surface area contributed by atoms with Gasteiger partial charge in [-0.2, -0.15) is 0 Å². The standard InChI is InChI=1S/C27H24ClN3O2S/c1-17-12-13-19(14-21(17)28)31-23(32)16-34-27-24(20-10-6-7-11-22(20)30(27)2)25(31)26(33)29-15-18-8-4-3-5-9-18/h3-14,25H,15-16H2,1-2H3,(H,29,33)/t25-/m0/s1. The van der Waals surface area contributed by atoms with Crippen LogP contribution in [0.2, 0.25) is 5.02 Å². The van der Waals surface area contributed by atoms with Crippen molar-refractivity contribution in [1.82, 2.24) is 9.88 Å². The van der Waals surface area contributed by atoms with Gasteiger partial charge in [-0.3, -0.25) is 14.5 Å². The topological polar surface area (TPSA) is 54.3 Å². The summed E-state index contributed by atoms with van der Waals surface area (Å²) in [5, 5.41) is 5.52. The lowest BCUT2D eigenvalue weighted by Gasteiger charge is -2.30. The third kappa shape index (κ3) is 3.97. The van der Waals surface area contributed by atoms with Gasteiger partial charge in [0.2, 0.25) is 11.8 Å². The van der Waals surface area contributed by atoms with E-state index in [0.29, 0.717) is 17.3 Å². The second kappa shape index (κ2) is 9.20. The lowest BCUT2D eigenvalue weighted by molar-refractivity contribution is -0.125. The van der Waals surface area contributed by atoms with E-state index in [2.05, 4.69) is 9.88 Å². The Hall–Kier alpha value is -3.22. The van der Waals surface area contributed by atoms with Gasteiger partial charge in [0.1, 0.15) is 6.04 Å². The summed E-state index contributed by atoms with van der Waals surface area (Å²) < 4.78 is 2.08. The van der Waals surface area contributed by atoms with Crippen molar-refractivity contribution in [2.75, 3.05) is 10.7 Å². The van der Waals surface area contributed by atoms with E-state index >= 15 is 0 Å². The summed E-state index contributed by atoms with van der Waals surface area (Å²) in [6.07, 6.45) is 0. The number of nitrogens with zero attached hydrogens (tertiary/aromatic N) is 2. The van der Waals surface area contributed by atoms with Crippen molar-refractivity contribution in [3.8, 4) is 0 Å². The first-order valence-corrected chi connectivity index (χ1v) is 12.4. The molecule has 0 spiro atoms. The molecule has 0 saturated carbocycles. The smallest absolute Gasteiger partial charge is 0.248 e. The number of amides is 2. The molecule has 5 rings (SSSR count). The predicted molar refractivity (Wildman–Crippen MR) is 138 cm³/mol. The Morgan fingerprint density at radius 3 is 2.59 bits per heavy atom. The maximum absolute atomic E-state index is 13.9. The van der Waals surface area contributed by atoms with Crippen LogP contribution in [0.5, 0.6) is 0 Å². The fourth-order valence-electron chi connectivity index (χ4n) is 4.47. The molecule has 5 nitrogen and oxygen atoms in total. The third-order valence-corrected chi connectivity index (χ3v) is 7.78. The van der Waals surface area contributed by atoms with Gasteiger partial charge in [0.25, 0.3) is 0 Å². The Kier molecular flexibility index (Phi) is 6.11. The normalized spacial score (nSPS) is 15.8. The van der Waals surface area contributed by atoms with Gasteiger partial charge in [-0.25, -0.2) is 0 Å². The van der Waals surface area contributed by atoms with E-state index in [1.807, 2.05) is 80.7 Å². The van der Waals surface area contributed by atoms with E-state index in [0.717, 1.165) is 32.6 Å². The van der Waals surface area contributed by atoms with Crippen LogP contribution in [0.4, 0.5) is 5.69 Å². The minimum atomic E-state index is -0.828. The maximum Gasteiger partial charge on any atom is 0.248 e. The maximum atomic E-state index is 13.9. The van der Waals surface area contributed by atoms with Crippen LogP contribution in [0.3, 0.4) is 0 Å². The first-order chi connectivity index (χ1) is 16.5. The highest BCUT2D eigenvalue weighted by atomic mass is 35.5. The van der Waals surface area contributed by atoms with Crippen molar-refractivity contribution in [3.63, 3.8) is 0 Å². The van der Waals surface area contributed by atoms with Gasteiger partial charge >= 0.3 is 0 Å². The number of anilines is 1. The van der Waals surface area contributed by atoms with Crippen LogP contribution in [0.25, 0.3) is 10.9 Å². The van der Waals surface area contributed by atoms with Crippen LogP contribution in [-0.2, 0) is 23.2 Å². The highest BCUT2D eigenvalue weighted by Crippen LogP contribution is 2.43. The summed E-state index contributed by atoms with van der Waals surface area (Å²) in [5.74, 6) is -0.135. The number of hydrogen-bond donors (Lipinski definition) is 1. The van der Waals surface area contributed by atoms with Crippen LogP contribution in [0, 0.1) is 6.92 Å². The zero-order valence-electron chi connectivity index (χ0n) is 18.9. The van der Waals surface area contributed by atoms with Gasteiger partial charge in [0.05, 0.1) is 10.8 Å². The zero-order valence-corrected chi connectivity index (χ0v) is 20.5. The van der Waals surface area contributed by atoms with Crippen LogP contribution in [-0.4, -0.2) is 22.1 Å². The molecular formula is C27H24ClN3O2S. The molecule has 1 aliphatic rings. The minimum absolute atomic E-state index is 0.134. The molecule has 4 aromatic rings. The van der Waals surface area contributed by atoms with Crippen LogP contribution in [0.15, 0.2) is 77.8 Å². The summed E-state index contributed by atoms with van der Waals surface area (Å²) in [4.78, 5) is 29.0. The highest BCUT2D eigenvalue weighted by molar-refractivity contribution is 8.00. The molecule has 34 heavy (non-hydrogen) atoms. The van der Waals surface area contributed by atoms with Crippen molar-refractivity contribution in [2.45, 2.75) is 24.5 Å². The Morgan fingerprint density at radius 2 is 1.82 bits per heavy atom. The van der Waals surface area contributed by atoms with Gasteiger partial charge in [-0.1, -0.05) is 78.0 Å². The molecule has 0 unspecified atom stereocenters.